The van der Waals surface area contributed by atoms with Crippen LogP contribution in [0.4, 0.5) is 5.82 Å². The van der Waals surface area contributed by atoms with E-state index in [1.807, 2.05) is 18.2 Å². The number of nitrogens with zero attached hydrogens (tertiary/aromatic N) is 1. The number of carbonyl (C=O) groups is 1. The third kappa shape index (κ3) is 3.20. The first-order chi connectivity index (χ1) is 9.22. The Morgan fingerprint density at radius 1 is 1.42 bits per heavy atom. The molecule has 1 heterocycles. The number of ether oxygens (including phenoxy) is 1. The molecule has 0 atom stereocenters. The van der Waals surface area contributed by atoms with Gasteiger partial charge in [0.15, 0.2) is 0 Å². The lowest BCUT2D eigenvalue weighted by atomic mass is 10.1. The number of hydrogen-bond donors (Lipinski definition) is 2. The average Bonchev–Trinajstić information content (AvgIpc) is 2.42. The van der Waals surface area contributed by atoms with E-state index in [2.05, 4.69) is 10.3 Å². The first kappa shape index (κ1) is 13.3. The molecule has 0 saturated carbocycles. The van der Waals surface area contributed by atoms with Crippen molar-refractivity contribution < 1.29 is 14.6 Å². The summed E-state index contributed by atoms with van der Waals surface area (Å²) in [4.78, 5) is 15.7. The van der Waals surface area contributed by atoms with Crippen LogP contribution in [0.1, 0.15) is 16.8 Å². The van der Waals surface area contributed by atoms with E-state index in [1.54, 1.807) is 19.2 Å². The van der Waals surface area contributed by atoms with E-state index in [-0.39, 0.29) is 5.56 Å². The highest BCUT2D eigenvalue weighted by molar-refractivity contribution is 6.03. The smallest absolute Gasteiger partial charge is 0.336 e. The number of hydrogen-bond acceptors (Lipinski definition) is 4. The number of methoxy groups -OCH3 is 1. The summed E-state index contributed by atoms with van der Waals surface area (Å²) in [7, 11) is 1.65. The van der Waals surface area contributed by atoms with Crippen LogP contribution in [-0.4, -0.2) is 36.3 Å². The Morgan fingerprint density at radius 2 is 2.21 bits per heavy atom. The second-order valence-corrected chi connectivity index (χ2v) is 4.15. The Hall–Kier alpha value is -2.14. The van der Waals surface area contributed by atoms with Crippen molar-refractivity contribution in [3.05, 3.63) is 35.9 Å². The largest absolute Gasteiger partial charge is 0.478 e. The molecule has 0 spiro atoms. The molecule has 5 nitrogen and oxygen atoms in total. The van der Waals surface area contributed by atoms with Crippen LogP contribution >= 0.6 is 0 Å². The van der Waals surface area contributed by atoms with Crippen LogP contribution in [0.2, 0.25) is 0 Å². The van der Waals surface area contributed by atoms with Crippen molar-refractivity contribution in [2.45, 2.75) is 6.42 Å². The molecule has 2 rings (SSSR count). The third-order valence-electron chi connectivity index (χ3n) is 2.78. The number of pyridine rings is 1. The van der Waals surface area contributed by atoms with Crippen LogP contribution in [0, 0.1) is 0 Å². The van der Waals surface area contributed by atoms with Gasteiger partial charge in [-0.3, -0.25) is 0 Å². The number of carboxylic acids is 1. The number of aromatic nitrogens is 1. The summed E-state index contributed by atoms with van der Waals surface area (Å²) in [6.07, 6.45) is 0.841. The second kappa shape index (κ2) is 6.15. The van der Waals surface area contributed by atoms with Gasteiger partial charge in [-0.15, -0.1) is 0 Å². The van der Waals surface area contributed by atoms with Crippen LogP contribution in [-0.2, 0) is 4.74 Å². The monoisotopic (exact) mass is 260 g/mol. The molecule has 0 aliphatic carbocycles. The van der Waals surface area contributed by atoms with E-state index in [4.69, 9.17) is 4.74 Å². The summed E-state index contributed by atoms with van der Waals surface area (Å²) < 4.78 is 4.96. The van der Waals surface area contributed by atoms with Gasteiger partial charge in [-0.25, -0.2) is 9.78 Å². The molecule has 0 unspecified atom stereocenters. The maximum atomic E-state index is 11.3. The minimum absolute atomic E-state index is 0.264. The molecule has 2 aromatic rings. The van der Waals surface area contributed by atoms with Crippen LogP contribution < -0.4 is 5.32 Å². The van der Waals surface area contributed by atoms with E-state index < -0.39 is 5.97 Å². The van der Waals surface area contributed by atoms with Gasteiger partial charge in [-0.2, -0.15) is 0 Å². The van der Waals surface area contributed by atoms with Crippen LogP contribution in [0.5, 0.6) is 0 Å². The third-order valence-corrected chi connectivity index (χ3v) is 2.78. The van der Waals surface area contributed by atoms with E-state index in [0.717, 1.165) is 6.42 Å². The topological polar surface area (TPSA) is 71.5 Å². The zero-order valence-electron chi connectivity index (χ0n) is 10.7. The van der Waals surface area contributed by atoms with Crippen molar-refractivity contribution in [2.24, 2.45) is 0 Å². The molecular formula is C14H16N2O3. The Balaban J connectivity index is 2.27. The number of nitrogens with one attached hydrogen (secondary N) is 1. The first-order valence-corrected chi connectivity index (χ1v) is 6.08. The number of para-hydroxylation sites is 1. The zero-order valence-corrected chi connectivity index (χ0v) is 10.7. The van der Waals surface area contributed by atoms with Crippen molar-refractivity contribution in [3.8, 4) is 0 Å². The highest BCUT2D eigenvalue weighted by Gasteiger charge is 2.11. The summed E-state index contributed by atoms with van der Waals surface area (Å²) in [6, 6.07) is 8.79. The lowest BCUT2D eigenvalue weighted by molar-refractivity contribution is 0.0699. The van der Waals surface area contributed by atoms with Gasteiger partial charge in [0, 0.05) is 25.6 Å². The van der Waals surface area contributed by atoms with Gasteiger partial charge in [0.1, 0.15) is 5.82 Å². The Labute approximate surface area is 111 Å². The Bertz CT molecular complexity index is 584. The number of rotatable bonds is 6. The summed E-state index contributed by atoms with van der Waals surface area (Å²) in [5.41, 5.74) is 0.941. The molecule has 0 fully saturated rings. The fourth-order valence-corrected chi connectivity index (χ4v) is 1.88. The number of fused-ring (bicyclic) bond motifs is 1. The van der Waals surface area contributed by atoms with E-state index in [0.29, 0.717) is 29.9 Å². The molecule has 0 amide bonds. The van der Waals surface area contributed by atoms with Crippen molar-refractivity contribution in [1.29, 1.82) is 0 Å². The van der Waals surface area contributed by atoms with Crippen molar-refractivity contribution >= 4 is 22.7 Å². The van der Waals surface area contributed by atoms with Gasteiger partial charge in [0.05, 0.1) is 11.1 Å². The summed E-state index contributed by atoms with van der Waals surface area (Å²) >= 11 is 0. The number of carboxylic acid groups (broad SMARTS) is 1. The van der Waals surface area contributed by atoms with Gasteiger partial charge in [0.2, 0.25) is 0 Å². The van der Waals surface area contributed by atoms with Gasteiger partial charge in [-0.1, -0.05) is 18.2 Å². The normalized spacial score (nSPS) is 10.6. The molecule has 0 aliphatic rings. The standard InChI is InChI=1S/C14H16N2O3/c1-19-8-4-7-15-13-9-11(14(17)18)10-5-2-3-6-12(10)16-13/h2-3,5-6,9H,4,7-8H2,1H3,(H,15,16)(H,17,18). The van der Waals surface area contributed by atoms with Gasteiger partial charge in [0.25, 0.3) is 0 Å². The van der Waals surface area contributed by atoms with Crippen molar-refractivity contribution in [3.63, 3.8) is 0 Å². The van der Waals surface area contributed by atoms with Crippen LogP contribution in [0.3, 0.4) is 0 Å². The first-order valence-electron chi connectivity index (χ1n) is 6.08. The fraction of sp³-hybridized carbons (Fsp3) is 0.286. The maximum Gasteiger partial charge on any atom is 0.336 e. The molecule has 5 heteroatoms. The highest BCUT2D eigenvalue weighted by atomic mass is 16.5. The number of anilines is 1. The molecule has 0 saturated heterocycles. The van der Waals surface area contributed by atoms with Crippen LogP contribution in [0.15, 0.2) is 30.3 Å². The predicted molar refractivity (Wildman–Crippen MR) is 73.7 cm³/mol. The van der Waals surface area contributed by atoms with Crippen molar-refractivity contribution in [2.75, 3.05) is 25.6 Å². The van der Waals surface area contributed by atoms with E-state index in [1.165, 1.54) is 0 Å². The van der Waals surface area contributed by atoms with Gasteiger partial charge < -0.3 is 15.2 Å². The summed E-state index contributed by atoms with van der Waals surface area (Å²) in [5.74, 6) is -0.370. The van der Waals surface area contributed by atoms with Crippen LogP contribution in [0.25, 0.3) is 10.9 Å². The molecule has 1 aromatic heterocycles. The Morgan fingerprint density at radius 3 is 2.95 bits per heavy atom. The zero-order chi connectivity index (χ0) is 13.7. The van der Waals surface area contributed by atoms with Crippen molar-refractivity contribution in [1.82, 2.24) is 4.98 Å². The molecular weight excluding hydrogens is 244 g/mol. The molecule has 1 aromatic carbocycles. The molecule has 2 N–H and O–H groups in total. The Kier molecular flexibility index (Phi) is 4.30. The number of benzene rings is 1. The van der Waals surface area contributed by atoms with Gasteiger partial charge >= 0.3 is 5.97 Å². The van der Waals surface area contributed by atoms with E-state index in [9.17, 15) is 9.90 Å². The SMILES string of the molecule is COCCCNc1cc(C(=O)O)c2ccccc2n1. The highest BCUT2D eigenvalue weighted by Crippen LogP contribution is 2.20. The molecule has 0 bridgehead atoms. The lowest BCUT2D eigenvalue weighted by Crippen LogP contribution is -2.08. The maximum absolute atomic E-state index is 11.3. The number of aromatic carboxylic acids is 1. The van der Waals surface area contributed by atoms with E-state index >= 15 is 0 Å². The lowest BCUT2D eigenvalue weighted by Gasteiger charge is -2.08. The molecule has 0 radical (unpaired) electrons. The quantitative estimate of drug-likeness (QED) is 0.780. The fourth-order valence-electron chi connectivity index (χ4n) is 1.88. The molecule has 0 aliphatic heterocycles. The summed E-state index contributed by atoms with van der Waals surface area (Å²) in [5, 5.41) is 13.0. The average molecular weight is 260 g/mol. The van der Waals surface area contributed by atoms with Gasteiger partial charge in [-0.05, 0) is 18.6 Å². The molecule has 100 valence electrons. The minimum Gasteiger partial charge on any atom is -0.478 e. The second-order valence-electron chi connectivity index (χ2n) is 4.15. The minimum atomic E-state index is -0.946. The molecule has 19 heavy (non-hydrogen) atoms. The summed E-state index contributed by atoms with van der Waals surface area (Å²) in [6.45, 7) is 1.35. The predicted octanol–water partition coefficient (Wildman–Crippen LogP) is 2.38.